The second kappa shape index (κ2) is 7.15. The fraction of sp³-hybridized carbons (Fsp3) is 0.500. The van der Waals surface area contributed by atoms with Crippen LogP contribution in [0.25, 0.3) is 0 Å². The lowest BCUT2D eigenvalue weighted by atomic mass is 10.1. The summed E-state index contributed by atoms with van der Waals surface area (Å²) in [4.78, 5) is 23.5. The van der Waals surface area contributed by atoms with E-state index in [0.717, 1.165) is 11.3 Å². The number of hydrogen-bond donors (Lipinski definition) is 3. The number of amides is 2. The van der Waals surface area contributed by atoms with Gasteiger partial charge in [0.2, 0.25) is 5.91 Å². The number of nitrogens with one attached hydrogen (secondary N) is 2. The van der Waals surface area contributed by atoms with Crippen molar-refractivity contribution in [3.8, 4) is 0 Å². The topological polar surface area (TPSA) is 93.5 Å². The van der Waals surface area contributed by atoms with Crippen LogP contribution in [-0.4, -0.2) is 29.7 Å². The summed E-state index contributed by atoms with van der Waals surface area (Å²) >= 11 is 0. The predicted molar refractivity (Wildman–Crippen MR) is 86.6 cm³/mol. The molecule has 0 aromatic heterocycles. The molecule has 0 aliphatic rings. The van der Waals surface area contributed by atoms with Gasteiger partial charge in [0.1, 0.15) is 11.6 Å². The minimum Gasteiger partial charge on any atom is -0.444 e. The summed E-state index contributed by atoms with van der Waals surface area (Å²) in [5, 5.41) is 5.67. The van der Waals surface area contributed by atoms with Gasteiger partial charge in [-0.2, -0.15) is 0 Å². The van der Waals surface area contributed by atoms with Crippen molar-refractivity contribution < 1.29 is 14.3 Å². The quantitative estimate of drug-likeness (QED) is 0.777. The summed E-state index contributed by atoms with van der Waals surface area (Å²) in [6.45, 7) is 8.96. The summed E-state index contributed by atoms with van der Waals surface area (Å²) in [5.74, 6) is -0.551. The smallest absolute Gasteiger partial charge is 0.407 e. The van der Waals surface area contributed by atoms with Gasteiger partial charge in [-0.1, -0.05) is 12.1 Å². The van der Waals surface area contributed by atoms with Gasteiger partial charge in [-0.3, -0.25) is 4.79 Å². The SMILES string of the molecule is Cc1cccc(NC(C(N)=O)C(C)NC(=O)OC(C)(C)C)c1. The summed E-state index contributed by atoms with van der Waals surface area (Å²) < 4.78 is 5.18. The number of aryl methyl sites for hydroxylation is 1. The van der Waals surface area contributed by atoms with Crippen LogP contribution in [0.5, 0.6) is 0 Å². The molecule has 0 radical (unpaired) electrons. The molecule has 122 valence electrons. The van der Waals surface area contributed by atoms with E-state index in [1.165, 1.54) is 0 Å². The summed E-state index contributed by atoms with van der Waals surface area (Å²) in [7, 11) is 0. The van der Waals surface area contributed by atoms with Crippen LogP contribution < -0.4 is 16.4 Å². The Balaban J connectivity index is 2.74. The molecule has 2 amide bonds. The Kier molecular flexibility index (Phi) is 5.79. The summed E-state index contributed by atoms with van der Waals surface area (Å²) in [6, 6.07) is 6.30. The van der Waals surface area contributed by atoms with Crippen LogP contribution in [0.1, 0.15) is 33.3 Å². The molecule has 4 N–H and O–H groups in total. The van der Waals surface area contributed by atoms with Gasteiger partial charge >= 0.3 is 6.09 Å². The Labute approximate surface area is 131 Å². The zero-order chi connectivity index (χ0) is 16.9. The Hall–Kier alpha value is -2.24. The highest BCUT2D eigenvalue weighted by Gasteiger charge is 2.26. The normalized spacial score (nSPS) is 13.9. The van der Waals surface area contributed by atoms with Crippen LogP contribution in [0, 0.1) is 6.92 Å². The number of alkyl carbamates (subject to hydrolysis) is 1. The number of carbonyl (C=O) groups is 2. The number of hydrogen-bond acceptors (Lipinski definition) is 4. The molecule has 0 spiro atoms. The maximum absolute atomic E-state index is 11.8. The third kappa shape index (κ3) is 6.03. The monoisotopic (exact) mass is 307 g/mol. The fourth-order valence-corrected chi connectivity index (χ4v) is 1.93. The van der Waals surface area contributed by atoms with E-state index in [2.05, 4.69) is 10.6 Å². The molecule has 1 rings (SSSR count). The van der Waals surface area contributed by atoms with E-state index in [-0.39, 0.29) is 0 Å². The van der Waals surface area contributed by atoms with E-state index in [9.17, 15) is 9.59 Å². The van der Waals surface area contributed by atoms with Gasteiger partial charge in [0.15, 0.2) is 0 Å². The molecule has 0 saturated heterocycles. The van der Waals surface area contributed by atoms with Gasteiger partial charge in [-0.05, 0) is 52.3 Å². The average molecular weight is 307 g/mol. The minimum absolute atomic E-state index is 0.520. The van der Waals surface area contributed by atoms with Crippen molar-refractivity contribution >= 4 is 17.7 Å². The molecule has 0 heterocycles. The van der Waals surface area contributed by atoms with Gasteiger partial charge in [0.05, 0.1) is 6.04 Å². The Morgan fingerprint density at radius 3 is 2.41 bits per heavy atom. The molecule has 22 heavy (non-hydrogen) atoms. The van der Waals surface area contributed by atoms with Gasteiger partial charge in [-0.15, -0.1) is 0 Å². The number of carbonyl (C=O) groups excluding carboxylic acids is 2. The molecule has 1 aromatic rings. The van der Waals surface area contributed by atoms with Gasteiger partial charge in [0.25, 0.3) is 0 Å². The van der Waals surface area contributed by atoms with Crippen LogP contribution >= 0.6 is 0 Å². The molecule has 0 aliphatic carbocycles. The second-order valence-electron chi connectivity index (χ2n) is 6.33. The Morgan fingerprint density at radius 1 is 1.27 bits per heavy atom. The van der Waals surface area contributed by atoms with Crippen molar-refractivity contribution in [2.45, 2.75) is 52.3 Å². The van der Waals surface area contributed by atoms with Crippen LogP contribution in [0.3, 0.4) is 0 Å². The number of benzene rings is 1. The van der Waals surface area contributed by atoms with E-state index < -0.39 is 29.7 Å². The molecule has 1 aromatic carbocycles. The van der Waals surface area contributed by atoms with Gasteiger partial charge in [-0.25, -0.2) is 4.79 Å². The van der Waals surface area contributed by atoms with E-state index in [1.54, 1.807) is 27.7 Å². The standard InChI is InChI=1S/C16H25N3O3/c1-10-7-6-8-12(9-10)19-13(14(17)20)11(2)18-15(21)22-16(3,4)5/h6-9,11,13,19H,1-5H3,(H2,17,20)(H,18,21). The number of rotatable bonds is 5. The van der Waals surface area contributed by atoms with Crippen molar-refractivity contribution in [3.05, 3.63) is 29.8 Å². The zero-order valence-electron chi connectivity index (χ0n) is 13.8. The van der Waals surface area contributed by atoms with E-state index in [1.807, 2.05) is 31.2 Å². The highest BCUT2D eigenvalue weighted by Crippen LogP contribution is 2.13. The number of anilines is 1. The molecular weight excluding hydrogens is 282 g/mol. The van der Waals surface area contributed by atoms with Crippen LogP contribution in [0.15, 0.2) is 24.3 Å². The molecule has 0 saturated carbocycles. The number of ether oxygens (including phenoxy) is 1. The van der Waals surface area contributed by atoms with Crippen LogP contribution in [0.2, 0.25) is 0 Å². The van der Waals surface area contributed by atoms with Crippen LogP contribution in [-0.2, 0) is 9.53 Å². The summed E-state index contributed by atoms with van der Waals surface area (Å²) in [6.07, 6.45) is -0.586. The maximum Gasteiger partial charge on any atom is 0.407 e. The van der Waals surface area contributed by atoms with Crippen molar-refractivity contribution in [2.24, 2.45) is 5.73 Å². The molecular formula is C16H25N3O3. The first-order valence-corrected chi connectivity index (χ1v) is 7.20. The fourth-order valence-electron chi connectivity index (χ4n) is 1.93. The third-order valence-corrected chi connectivity index (χ3v) is 2.89. The maximum atomic E-state index is 11.8. The predicted octanol–water partition coefficient (Wildman–Crippen LogP) is 2.17. The minimum atomic E-state index is -0.741. The summed E-state index contributed by atoms with van der Waals surface area (Å²) in [5.41, 5.74) is 6.65. The lowest BCUT2D eigenvalue weighted by molar-refractivity contribution is -0.119. The van der Waals surface area contributed by atoms with Gasteiger partial charge < -0.3 is 21.1 Å². The molecule has 6 nitrogen and oxygen atoms in total. The zero-order valence-corrected chi connectivity index (χ0v) is 13.8. The average Bonchev–Trinajstić information content (AvgIpc) is 2.32. The third-order valence-electron chi connectivity index (χ3n) is 2.89. The van der Waals surface area contributed by atoms with Crippen molar-refractivity contribution in [1.82, 2.24) is 5.32 Å². The molecule has 6 heteroatoms. The van der Waals surface area contributed by atoms with Crippen molar-refractivity contribution in [3.63, 3.8) is 0 Å². The molecule has 2 unspecified atom stereocenters. The Morgan fingerprint density at radius 2 is 1.91 bits per heavy atom. The largest absolute Gasteiger partial charge is 0.444 e. The van der Waals surface area contributed by atoms with E-state index >= 15 is 0 Å². The lowest BCUT2D eigenvalue weighted by Gasteiger charge is -2.26. The van der Waals surface area contributed by atoms with E-state index in [4.69, 9.17) is 10.5 Å². The number of primary amides is 1. The van der Waals surface area contributed by atoms with Crippen molar-refractivity contribution in [1.29, 1.82) is 0 Å². The highest BCUT2D eigenvalue weighted by molar-refractivity contribution is 5.84. The van der Waals surface area contributed by atoms with Crippen LogP contribution in [0.4, 0.5) is 10.5 Å². The first-order valence-electron chi connectivity index (χ1n) is 7.20. The lowest BCUT2D eigenvalue weighted by Crippen LogP contribution is -2.52. The van der Waals surface area contributed by atoms with Crippen molar-refractivity contribution in [2.75, 3.05) is 5.32 Å². The molecule has 0 fully saturated rings. The first-order chi connectivity index (χ1) is 10.1. The Bertz CT molecular complexity index is 538. The van der Waals surface area contributed by atoms with Gasteiger partial charge in [0, 0.05) is 5.69 Å². The second-order valence-corrected chi connectivity index (χ2v) is 6.33. The number of nitrogens with two attached hydrogens (primary N) is 1. The molecule has 2 atom stereocenters. The molecule has 0 aliphatic heterocycles. The van der Waals surface area contributed by atoms with E-state index in [0.29, 0.717) is 0 Å². The first kappa shape index (κ1) is 17.8. The highest BCUT2D eigenvalue weighted by atomic mass is 16.6. The molecule has 0 bridgehead atoms.